The number of carbonyl (C=O) groups excluding carboxylic acids is 2. The lowest BCUT2D eigenvalue weighted by molar-refractivity contribution is -0.135. The van der Waals surface area contributed by atoms with Crippen LogP contribution in [-0.4, -0.2) is 41.7 Å². The van der Waals surface area contributed by atoms with Gasteiger partial charge in [-0.1, -0.05) is 30.4 Å². The Morgan fingerprint density at radius 3 is 2.58 bits per heavy atom. The van der Waals surface area contributed by atoms with Crippen LogP contribution in [0.25, 0.3) is 0 Å². The number of thioether (sulfide) groups is 1. The summed E-state index contributed by atoms with van der Waals surface area (Å²) in [7, 11) is -1.75. The molecule has 1 aliphatic rings. The van der Waals surface area contributed by atoms with Crippen molar-refractivity contribution >= 4 is 48.5 Å². The Morgan fingerprint density at radius 2 is 2.05 bits per heavy atom. The molecule has 0 atom stereocenters. The van der Waals surface area contributed by atoms with E-state index in [1.165, 1.54) is 11.8 Å². The topological polar surface area (TPSA) is 46.6 Å². The van der Waals surface area contributed by atoms with Gasteiger partial charge in [0, 0.05) is 13.0 Å². The molecule has 0 aromatic heterocycles. The van der Waals surface area contributed by atoms with Crippen molar-refractivity contribution in [3.63, 3.8) is 0 Å². The van der Waals surface area contributed by atoms with Crippen LogP contribution in [-0.2, 0) is 14.0 Å². The van der Waals surface area contributed by atoms with E-state index < -0.39 is 8.32 Å². The van der Waals surface area contributed by atoms with Crippen molar-refractivity contribution in [1.29, 1.82) is 0 Å². The van der Waals surface area contributed by atoms with E-state index in [0.717, 1.165) is 19.3 Å². The summed E-state index contributed by atoms with van der Waals surface area (Å²) in [5.41, 5.74) is 0. The zero-order valence-corrected chi connectivity index (χ0v) is 14.4. The lowest BCUT2D eigenvalue weighted by atomic mass is 10.2. The highest BCUT2D eigenvalue weighted by molar-refractivity contribution is 8.23. The van der Waals surface area contributed by atoms with Gasteiger partial charge in [0.2, 0.25) is 14.2 Å². The number of nitrogens with zero attached hydrogens (tertiary/aromatic N) is 1. The maximum absolute atomic E-state index is 11.5. The van der Waals surface area contributed by atoms with Gasteiger partial charge in [-0.15, -0.1) is 0 Å². The summed E-state index contributed by atoms with van der Waals surface area (Å²) in [5.74, 6) is 0.483. The number of thiocarbonyl (C=S) groups is 1. The van der Waals surface area contributed by atoms with Gasteiger partial charge in [-0.25, -0.2) is 0 Å². The Hall–Kier alpha value is -0.403. The SMILES string of the molecule is C[Si](C)(C)OC(=O)CCCCCN1C(=O)CSC1=S. The van der Waals surface area contributed by atoms with E-state index in [-0.39, 0.29) is 11.9 Å². The average Bonchev–Trinajstić information content (AvgIpc) is 2.57. The van der Waals surface area contributed by atoms with Gasteiger partial charge < -0.3 is 4.43 Å². The largest absolute Gasteiger partial charge is 0.520 e. The minimum Gasteiger partial charge on any atom is -0.520 e. The van der Waals surface area contributed by atoms with Crippen molar-refractivity contribution in [2.45, 2.75) is 45.3 Å². The van der Waals surface area contributed by atoms with Crippen molar-refractivity contribution in [3.8, 4) is 0 Å². The summed E-state index contributed by atoms with van der Waals surface area (Å²) in [5, 5.41) is 0. The van der Waals surface area contributed by atoms with Gasteiger partial charge in [0.15, 0.2) is 0 Å². The molecule has 1 saturated heterocycles. The highest BCUT2D eigenvalue weighted by Crippen LogP contribution is 2.20. The second-order valence-corrected chi connectivity index (χ2v) is 11.5. The van der Waals surface area contributed by atoms with Gasteiger partial charge in [0.05, 0.1) is 5.75 Å². The summed E-state index contributed by atoms with van der Waals surface area (Å²) >= 11 is 6.52. The first-order valence-corrected chi connectivity index (χ1v) is 11.3. The molecule has 0 aromatic rings. The normalized spacial score (nSPS) is 16.1. The Balaban J connectivity index is 2.10. The molecule has 1 fully saturated rings. The molecule has 0 N–H and O–H groups in total. The van der Waals surface area contributed by atoms with Crippen LogP contribution in [0.15, 0.2) is 0 Å². The van der Waals surface area contributed by atoms with Gasteiger partial charge in [0.1, 0.15) is 4.32 Å². The molecule has 1 heterocycles. The highest BCUT2D eigenvalue weighted by atomic mass is 32.2. The zero-order chi connectivity index (χ0) is 14.5. The van der Waals surface area contributed by atoms with Crippen molar-refractivity contribution < 1.29 is 14.0 Å². The van der Waals surface area contributed by atoms with Crippen molar-refractivity contribution in [2.24, 2.45) is 0 Å². The fourth-order valence-corrected chi connectivity index (χ4v) is 3.61. The van der Waals surface area contributed by atoms with Crippen LogP contribution in [0.2, 0.25) is 19.6 Å². The number of rotatable bonds is 7. The van der Waals surface area contributed by atoms with E-state index in [0.29, 0.717) is 23.0 Å². The third-order valence-electron chi connectivity index (χ3n) is 2.52. The third kappa shape index (κ3) is 6.53. The minimum absolute atomic E-state index is 0.0949. The summed E-state index contributed by atoms with van der Waals surface area (Å²) in [6, 6.07) is 0. The fraction of sp³-hybridized carbons (Fsp3) is 0.750. The van der Waals surface area contributed by atoms with E-state index in [9.17, 15) is 9.59 Å². The van der Waals surface area contributed by atoms with E-state index in [2.05, 4.69) is 0 Å². The number of carbonyl (C=O) groups is 2. The second kappa shape index (κ2) is 7.40. The molecule has 0 spiro atoms. The molecule has 1 amide bonds. The van der Waals surface area contributed by atoms with Crippen molar-refractivity contribution in [1.82, 2.24) is 4.90 Å². The Labute approximate surface area is 125 Å². The highest BCUT2D eigenvalue weighted by Gasteiger charge is 2.25. The lowest BCUT2D eigenvalue weighted by Gasteiger charge is -2.17. The Kier molecular flexibility index (Phi) is 6.48. The third-order valence-corrected chi connectivity index (χ3v) is 4.80. The predicted octanol–water partition coefficient (Wildman–Crippen LogP) is 2.79. The van der Waals surface area contributed by atoms with E-state index in [4.69, 9.17) is 16.6 Å². The molecule has 0 radical (unpaired) electrons. The van der Waals surface area contributed by atoms with Gasteiger partial charge in [-0.2, -0.15) is 0 Å². The van der Waals surface area contributed by atoms with E-state index in [1.54, 1.807) is 4.90 Å². The number of unbranched alkanes of at least 4 members (excludes halogenated alkanes) is 2. The second-order valence-electron chi connectivity index (χ2n) is 5.50. The number of hydrogen-bond donors (Lipinski definition) is 0. The molecule has 19 heavy (non-hydrogen) atoms. The molecule has 1 rings (SSSR count). The molecule has 0 saturated carbocycles. The lowest BCUT2D eigenvalue weighted by Crippen LogP contribution is -2.29. The van der Waals surface area contributed by atoms with E-state index in [1.807, 2.05) is 19.6 Å². The summed E-state index contributed by atoms with van der Waals surface area (Å²) in [6.07, 6.45) is 3.08. The van der Waals surface area contributed by atoms with Crippen LogP contribution in [0.5, 0.6) is 0 Å². The maximum atomic E-state index is 11.5. The van der Waals surface area contributed by atoms with Crippen molar-refractivity contribution in [3.05, 3.63) is 0 Å². The Bertz CT molecular complexity index is 352. The molecule has 108 valence electrons. The molecule has 7 heteroatoms. The Morgan fingerprint density at radius 1 is 1.37 bits per heavy atom. The molecule has 0 aliphatic carbocycles. The van der Waals surface area contributed by atoms with Gasteiger partial charge in [-0.05, 0) is 32.5 Å². The quantitative estimate of drug-likeness (QED) is 0.410. The number of amides is 1. The maximum Gasteiger partial charge on any atom is 0.292 e. The van der Waals surface area contributed by atoms with Crippen LogP contribution >= 0.6 is 24.0 Å². The van der Waals surface area contributed by atoms with Gasteiger partial charge >= 0.3 is 0 Å². The van der Waals surface area contributed by atoms with Crippen LogP contribution in [0.4, 0.5) is 0 Å². The molecule has 4 nitrogen and oxygen atoms in total. The van der Waals surface area contributed by atoms with Gasteiger partial charge in [-0.3, -0.25) is 14.5 Å². The standard InChI is InChI=1S/C12H21NO3S2Si/c1-19(2,3)16-11(15)7-5-4-6-8-13-10(14)9-18-12(13)17/h4-9H2,1-3H3. The molecule has 0 unspecified atom stereocenters. The smallest absolute Gasteiger partial charge is 0.292 e. The van der Waals surface area contributed by atoms with E-state index >= 15 is 0 Å². The van der Waals surface area contributed by atoms with Crippen LogP contribution in [0.1, 0.15) is 25.7 Å². The monoisotopic (exact) mass is 319 g/mol. The molecule has 0 bridgehead atoms. The predicted molar refractivity (Wildman–Crippen MR) is 84.7 cm³/mol. The summed E-state index contributed by atoms with van der Waals surface area (Å²) < 4.78 is 6.05. The molecule has 0 aromatic carbocycles. The van der Waals surface area contributed by atoms with Crippen LogP contribution in [0, 0.1) is 0 Å². The van der Waals surface area contributed by atoms with Gasteiger partial charge in [0.25, 0.3) is 5.97 Å². The average molecular weight is 320 g/mol. The fourth-order valence-electron chi connectivity index (χ4n) is 1.71. The molecular formula is C12H21NO3S2Si. The minimum atomic E-state index is -1.75. The summed E-state index contributed by atoms with van der Waals surface area (Å²) in [4.78, 5) is 24.6. The first-order chi connectivity index (χ1) is 8.79. The van der Waals surface area contributed by atoms with Crippen molar-refractivity contribution in [2.75, 3.05) is 12.3 Å². The first kappa shape index (κ1) is 16.7. The van der Waals surface area contributed by atoms with Crippen LogP contribution < -0.4 is 0 Å². The zero-order valence-electron chi connectivity index (χ0n) is 11.7. The number of hydrogen-bond acceptors (Lipinski definition) is 5. The van der Waals surface area contributed by atoms with Crippen LogP contribution in [0.3, 0.4) is 0 Å². The summed E-state index contributed by atoms with van der Waals surface area (Å²) in [6.45, 7) is 6.68. The first-order valence-electron chi connectivity index (χ1n) is 6.48. The molecular weight excluding hydrogens is 298 g/mol. The molecule has 1 aliphatic heterocycles.